The first-order valence-corrected chi connectivity index (χ1v) is 5.46. The molecule has 0 bridgehead atoms. The van der Waals surface area contributed by atoms with E-state index in [0.29, 0.717) is 23.0 Å². The number of anilines is 1. The van der Waals surface area contributed by atoms with Gasteiger partial charge in [-0.05, 0) is 25.7 Å². The second kappa shape index (κ2) is 3.62. The molecule has 16 heavy (non-hydrogen) atoms. The molecule has 6 heteroatoms. The molecule has 0 aromatic carbocycles. The molecule has 1 fully saturated rings. The van der Waals surface area contributed by atoms with Crippen LogP contribution in [0.5, 0.6) is 6.01 Å². The van der Waals surface area contributed by atoms with Crippen LogP contribution in [0, 0.1) is 0 Å². The number of ether oxygens (including phenoxy) is 1. The van der Waals surface area contributed by atoms with Gasteiger partial charge in [0, 0.05) is 0 Å². The Kier molecular flexibility index (Phi) is 2.12. The maximum atomic E-state index is 5.73. The van der Waals surface area contributed by atoms with Gasteiger partial charge in [0.25, 0.3) is 6.01 Å². The summed E-state index contributed by atoms with van der Waals surface area (Å²) in [7, 11) is 0. The molecule has 0 amide bonds. The number of nitrogens with zero attached hydrogens (tertiary/aromatic N) is 3. The molecule has 2 aromatic heterocycles. The summed E-state index contributed by atoms with van der Waals surface area (Å²) in [5, 5.41) is 0. The molecule has 0 aliphatic heterocycles. The van der Waals surface area contributed by atoms with Gasteiger partial charge in [0.15, 0.2) is 11.5 Å². The molecule has 84 valence electrons. The first-order chi connectivity index (χ1) is 7.83. The van der Waals surface area contributed by atoms with Gasteiger partial charge in [-0.15, -0.1) is 0 Å². The first-order valence-electron chi connectivity index (χ1n) is 5.46. The van der Waals surface area contributed by atoms with E-state index in [9.17, 15) is 0 Å². The van der Waals surface area contributed by atoms with Crippen molar-refractivity contribution in [3.8, 4) is 6.01 Å². The van der Waals surface area contributed by atoms with Gasteiger partial charge >= 0.3 is 0 Å². The van der Waals surface area contributed by atoms with E-state index in [1.807, 2.05) is 0 Å². The Labute approximate surface area is 92.3 Å². The second-order valence-corrected chi connectivity index (χ2v) is 4.02. The van der Waals surface area contributed by atoms with E-state index in [1.165, 1.54) is 19.2 Å². The number of nitrogens with two attached hydrogens (primary N) is 1. The van der Waals surface area contributed by atoms with E-state index in [4.69, 9.17) is 10.5 Å². The van der Waals surface area contributed by atoms with Crippen molar-refractivity contribution in [2.75, 3.05) is 5.73 Å². The van der Waals surface area contributed by atoms with Crippen LogP contribution in [-0.4, -0.2) is 26.0 Å². The first kappa shape index (κ1) is 9.38. The highest BCUT2D eigenvalue weighted by Gasteiger charge is 2.18. The SMILES string of the molecule is Nc1ncnc2nc(OC3CCCC3)[nH]c12. The average molecular weight is 219 g/mol. The fraction of sp³-hybridized carbons (Fsp3) is 0.500. The molecule has 0 unspecified atom stereocenters. The Bertz CT molecular complexity index is 503. The molecule has 6 nitrogen and oxygen atoms in total. The summed E-state index contributed by atoms with van der Waals surface area (Å²) in [4.78, 5) is 15.2. The van der Waals surface area contributed by atoms with Crippen LogP contribution in [0.1, 0.15) is 25.7 Å². The predicted molar refractivity (Wildman–Crippen MR) is 59.0 cm³/mol. The number of nitrogen functional groups attached to an aromatic ring is 1. The highest BCUT2D eigenvalue weighted by molar-refractivity contribution is 5.81. The number of imidazole rings is 1. The van der Waals surface area contributed by atoms with E-state index in [0.717, 1.165) is 12.8 Å². The molecule has 2 heterocycles. The molecule has 0 atom stereocenters. The maximum absolute atomic E-state index is 5.73. The minimum absolute atomic E-state index is 0.273. The number of aromatic amines is 1. The molecular formula is C10H13N5O. The fourth-order valence-corrected chi connectivity index (χ4v) is 2.05. The van der Waals surface area contributed by atoms with Crippen LogP contribution in [-0.2, 0) is 0 Å². The van der Waals surface area contributed by atoms with E-state index >= 15 is 0 Å². The van der Waals surface area contributed by atoms with Gasteiger partial charge in [-0.2, -0.15) is 4.98 Å². The Morgan fingerprint density at radius 2 is 2.12 bits per heavy atom. The molecule has 3 rings (SSSR count). The summed E-state index contributed by atoms with van der Waals surface area (Å²) in [6, 6.07) is 0.495. The van der Waals surface area contributed by atoms with Crippen molar-refractivity contribution in [3.05, 3.63) is 6.33 Å². The van der Waals surface area contributed by atoms with Crippen molar-refractivity contribution in [1.29, 1.82) is 0 Å². The minimum atomic E-state index is 0.273. The summed E-state index contributed by atoms with van der Waals surface area (Å²) in [5.74, 6) is 0.402. The molecule has 0 radical (unpaired) electrons. The van der Waals surface area contributed by atoms with Gasteiger partial charge in [-0.3, -0.25) is 0 Å². The summed E-state index contributed by atoms with van der Waals surface area (Å²) in [6.45, 7) is 0. The molecule has 2 aromatic rings. The Morgan fingerprint density at radius 3 is 2.88 bits per heavy atom. The zero-order chi connectivity index (χ0) is 11.0. The van der Waals surface area contributed by atoms with Crippen LogP contribution in [0.4, 0.5) is 5.82 Å². The normalized spacial score (nSPS) is 17.0. The molecule has 1 aliphatic carbocycles. The monoisotopic (exact) mass is 219 g/mol. The molecular weight excluding hydrogens is 206 g/mol. The largest absolute Gasteiger partial charge is 0.461 e. The van der Waals surface area contributed by atoms with Crippen LogP contribution in [0.3, 0.4) is 0 Å². The summed E-state index contributed by atoms with van der Waals surface area (Å²) < 4.78 is 5.73. The van der Waals surface area contributed by atoms with Crippen molar-refractivity contribution in [2.24, 2.45) is 0 Å². The lowest BCUT2D eigenvalue weighted by atomic mass is 10.3. The van der Waals surface area contributed by atoms with Crippen molar-refractivity contribution in [1.82, 2.24) is 19.9 Å². The van der Waals surface area contributed by atoms with Crippen molar-refractivity contribution < 1.29 is 4.74 Å². The van der Waals surface area contributed by atoms with Gasteiger partial charge in [0.2, 0.25) is 0 Å². The number of fused-ring (bicyclic) bond motifs is 1. The predicted octanol–water partition coefficient (Wildman–Crippen LogP) is 1.26. The smallest absolute Gasteiger partial charge is 0.296 e. The summed E-state index contributed by atoms with van der Waals surface area (Å²) >= 11 is 0. The number of aromatic nitrogens is 4. The Morgan fingerprint density at radius 1 is 1.31 bits per heavy atom. The van der Waals surface area contributed by atoms with Crippen LogP contribution in [0.25, 0.3) is 11.2 Å². The zero-order valence-electron chi connectivity index (χ0n) is 8.81. The molecule has 0 saturated heterocycles. The molecule has 3 N–H and O–H groups in total. The lowest BCUT2D eigenvalue weighted by molar-refractivity contribution is 0.195. The van der Waals surface area contributed by atoms with Gasteiger partial charge in [-0.1, -0.05) is 0 Å². The number of nitrogens with one attached hydrogen (secondary N) is 1. The minimum Gasteiger partial charge on any atom is -0.461 e. The van der Waals surface area contributed by atoms with Crippen molar-refractivity contribution in [3.63, 3.8) is 0 Å². The van der Waals surface area contributed by atoms with Crippen LogP contribution < -0.4 is 10.5 Å². The van der Waals surface area contributed by atoms with Gasteiger partial charge in [0.1, 0.15) is 17.9 Å². The highest BCUT2D eigenvalue weighted by Crippen LogP contribution is 2.24. The van der Waals surface area contributed by atoms with Crippen LogP contribution in [0.15, 0.2) is 6.33 Å². The third-order valence-corrected chi connectivity index (χ3v) is 2.88. The van der Waals surface area contributed by atoms with E-state index < -0.39 is 0 Å². The molecule has 1 aliphatic rings. The average Bonchev–Trinajstić information content (AvgIpc) is 2.88. The van der Waals surface area contributed by atoms with Crippen molar-refractivity contribution in [2.45, 2.75) is 31.8 Å². The summed E-state index contributed by atoms with van der Waals surface area (Å²) in [6.07, 6.45) is 6.32. The zero-order valence-corrected chi connectivity index (χ0v) is 8.81. The third kappa shape index (κ3) is 1.56. The highest BCUT2D eigenvalue weighted by atomic mass is 16.5. The quantitative estimate of drug-likeness (QED) is 0.793. The van der Waals surface area contributed by atoms with Gasteiger partial charge < -0.3 is 15.5 Å². The van der Waals surface area contributed by atoms with E-state index in [1.54, 1.807) is 0 Å². The van der Waals surface area contributed by atoms with Crippen LogP contribution in [0.2, 0.25) is 0 Å². The molecule has 0 spiro atoms. The van der Waals surface area contributed by atoms with E-state index in [2.05, 4.69) is 19.9 Å². The number of hydrogen-bond acceptors (Lipinski definition) is 5. The standard InChI is InChI=1S/C10H13N5O/c11-8-7-9(13-5-12-8)15-10(14-7)16-6-3-1-2-4-6/h5-6H,1-4H2,(H3,11,12,13,14,15). The van der Waals surface area contributed by atoms with Gasteiger partial charge in [0.05, 0.1) is 0 Å². The summed E-state index contributed by atoms with van der Waals surface area (Å²) in [5.41, 5.74) is 6.90. The van der Waals surface area contributed by atoms with Crippen molar-refractivity contribution >= 4 is 17.0 Å². The lowest BCUT2D eigenvalue weighted by Crippen LogP contribution is -2.11. The Hall–Kier alpha value is -1.85. The number of rotatable bonds is 2. The number of hydrogen-bond donors (Lipinski definition) is 2. The van der Waals surface area contributed by atoms with Gasteiger partial charge in [-0.25, -0.2) is 9.97 Å². The fourth-order valence-electron chi connectivity index (χ4n) is 2.05. The van der Waals surface area contributed by atoms with Crippen LogP contribution >= 0.6 is 0 Å². The number of H-pyrrole nitrogens is 1. The maximum Gasteiger partial charge on any atom is 0.296 e. The molecule has 1 saturated carbocycles. The third-order valence-electron chi connectivity index (χ3n) is 2.88. The topological polar surface area (TPSA) is 89.7 Å². The van der Waals surface area contributed by atoms with E-state index in [-0.39, 0.29) is 6.10 Å². The lowest BCUT2D eigenvalue weighted by Gasteiger charge is -2.08. The Balaban J connectivity index is 1.90. The second-order valence-electron chi connectivity index (χ2n) is 4.02.